The Balaban J connectivity index is 1.39. The molecule has 2 unspecified atom stereocenters. The van der Waals surface area contributed by atoms with Gasteiger partial charge in [-0.05, 0) is 51.2 Å². The number of aromatic nitrogens is 3. The summed E-state index contributed by atoms with van der Waals surface area (Å²) in [6, 6.07) is 2.33. The molecule has 4 heterocycles. The number of thiazole rings is 1. The van der Waals surface area contributed by atoms with E-state index in [4.69, 9.17) is 4.74 Å². The molecule has 1 saturated heterocycles. The summed E-state index contributed by atoms with van der Waals surface area (Å²) in [6.45, 7) is 3.46. The Hall–Kier alpha value is -3.59. The lowest BCUT2D eigenvalue weighted by Crippen LogP contribution is -2.40. The highest BCUT2D eigenvalue weighted by Crippen LogP contribution is 2.43. The smallest absolute Gasteiger partial charge is 0.451 e. The van der Waals surface area contributed by atoms with Crippen LogP contribution in [0.5, 0.6) is 5.75 Å². The zero-order valence-corrected chi connectivity index (χ0v) is 23.6. The molecule has 0 radical (unpaired) electrons. The van der Waals surface area contributed by atoms with Gasteiger partial charge in [0.2, 0.25) is 5.82 Å². The summed E-state index contributed by atoms with van der Waals surface area (Å²) in [7, 11) is -3.04. The van der Waals surface area contributed by atoms with Gasteiger partial charge in [-0.15, -0.1) is 11.3 Å². The van der Waals surface area contributed by atoms with E-state index in [1.807, 2.05) is 6.92 Å². The second-order valence-corrected chi connectivity index (χ2v) is 13.7. The number of sulfone groups is 1. The number of hydrogen-bond donors (Lipinski definition) is 2. The van der Waals surface area contributed by atoms with Crippen molar-refractivity contribution in [1.29, 1.82) is 0 Å². The summed E-state index contributed by atoms with van der Waals surface area (Å²) in [5.74, 6) is -1.69. The van der Waals surface area contributed by atoms with Gasteiger partial charge in [-0.3, -0.25) is 9.59 Å². The van der Waals surface area contributed by atoms with Crippen LogP contribution in [0.2, 0.25) is 0 Å². The summed E-state index contributed by atoms with van der Waals surface area (Å²) >= 11 is 1.37. The Morgan fingerprint density at radius 3 is 2.46 bits per heavy atom. The van der Waals surface area contributed by atoms with Gasteiger partial charge in [0.15, 0.2) is 11.9 Å². The number of aryl methyl sites for hydroxylation is 1. The molecule has 1 aromatic carbocycles. The van der Waals surface area contributed by atoms with Crippen molar-refractivity contribution in [3.63, 3.8) is 0 Å². The predicted molar refractivity (Wildman–Crippen MR) is 144 cm³/mol. The maximum Gasteiger partial charge on any atom is 0.451 e. The minimum absolute atomic E-state index is 0.0158. The fraction of sp³-hybridized carbons (Fsp3) is 0.423. The molecule has 0 saturated carbocycles. The lowest BCUT2D eigenvalue weighted by atomic mass is 9.94. The summed E-state index contributed by atoms with van der Waals surface area (Å²) in [4.78, 5) is 38.3. The number of nitrogens with one attached hydrogen (secondary N) is 2. The molecule has 0 bridgehead atoms. The number of amides is 2. The minimum atomic E-state index is -4.68. The standard InChI is InChI=1S/C26H26F3N5O5S2/c1-13-10-30-24(40-13)18-8-16(22(35)33-14(2)17-11-31-25(32-12-17)26(27,28)29)9-19-21(18)39-20(23(36)34-19)7-15-3-5-41(37,38)6-4-15/h8-12,14-15,20H,3-7H2,1-2H3,(H,33,35)(H,34,36). The van der Waals surface area contributed by atoms with Crippen LogP contribution in [0.4, 0.5) is 18.9 Å². The van der Waals surface area contributed by atoms with E-state index in [0.717, 1.165) is 17.3 Å². The van der Waals surface area contributed by atoms with Crippen molar-refractivity contribution in [3.05, 3.63) is 52.6 Å². The van der Waals surface area contributed by atoms with Crippen molar-refractivity contribution in [2.45, 2.75) is 51.4 Å². The van der Waals surface area contributed by atoms with Gasteiger partial charge in [0.25, 0.3) is 11.8 Å². The fourth-order valence-corrected chi connectivity index (χ4v) is 7.10. The number of fused-ring (bicyclic) bond motifs is 1. The van der Waals surface area contributed by atoms with Gasteiger partial charge < -0.3 is 15.4 Å². The summed E-state index contributed by atoms with van der Waals surface area (Å²) in [5.41, 5.74) is 1.21. The number of ether oxygens (including phenoxy) is 1. The average Bonchev–Trinajstić information content (AvgIpc) is 3.35. The molecule has 3 aromatic rings. The average molecular weight is 610 g/mol. The Kier molecular flexibility index (Phi) is 7.76. The van der Waals surface area contributed by atoms with E-state index < -0.39 is 45.8 Å². The highest BCUT2D eigenvalue weighted by molar-refractivity contribution is 7.91. The zero-order valence-electron chi connectivity index (χ0n) is 22.0. The van der Waals surface area contributed by atoms with E-state index in [1.165, 1.54) is 17.4 Å². The second kappa shape index (κ2) is 11.0. The number of benzene rings is 1. The highest BCUT2D eigenvalue weighted by Gasteiger charge is 2.36. The van der Waals surface area contributed by atoms with E-state index in [-0.39, 0.29) is 34.2 Å². The third-order valence-corrected chi connectivity index (χ3v) is 9.67. The Morgan fingerprint density at radius 2 is 1.85 bits per heavy atom. The number of halogens is 3. The van der Waals surface area contributed by atoms with Crippen LogP contribution in [0.3, 0.4) is 0 Å². The molecule has 2 aliphatic heterocycles. The van der Waals surface area contributed by atoms with Crippen LogP contribution in [-0.2, 0) is 20.8 Å². The Bertz CT molecular complexity index is 1580. The van der Waals surface area contributed by atoms with Crippen LogP contribution < -0.4 is 15.4 Å². The SMILES string of the molecule is Cc1cnc(-c2cc(C(=O)NC(C)c3cnc(C(F)(F)F)nc3)cc3c2OC(CC2CCS(=O)(=O)CC2)C(=O)N3)s1. The van der Waals surface area contributed by atoms with Crippen molar-refractivity contribution in [2.24, 2.45) is 5.92 Å². The van der Waals surface area contributed by atoms with Crippen molar-refractivity contribution >= 4 is 38.7 Å². The molecular formula is C26H26F3N5O5S2. The molecule has 0 aliphatic carbocycles. The third-order valence-electron chi connectivity index (χ3n) is 7.01. The van der Waals surface area contributed by atoms with Crippen LogP contribution in [0.25, 0.3) is 10.6 Å². The predicted octanol–water partition coefficient (Wildman–Crippen LogP) is 4.33. The topological polar surface area (TPSA) is 140 Å². The molecule has 10 nitrogen and oxygen atoms in total. The fourth-order valence-electron chi connectivity index (χ4n) is 4.73. The van der Waals surface area contributed by atoms with Gasteiger partial charge in [0.1, 0.15) is 14.8 Å². The van der Waals surface area contributed by atoms with E-state index in [1.54, 1.807) is 19.2 Å². The normalized spacial score (nSPS) is 19.5. The van der Waals surface area contributed by atoms with E-state index in [9.17, 15) is 31.2 Å². The molecule has 1 fully saturated rings. The number of alkyl halides is 3. The van der Waals surface area contributed by atoms with E-state index >= 15 is 0 Å². The maximum atomic E-state index is 13.2. The lowest BCUT2D eigenvalue weighted by Gasteiger charge is -2.31. The molecule has 0 spiro atoms. The van der Waals surface area contributed by atoms with Gasteiger partial charge in [-0.2, -0.15) is 13.2 Å². The summed E-state index contributed by atoms with van der Waals surface area (Å²) < 4.78 is 68.2. The Labute approximate surface area is 237 Å². The minimum Gasteiger partial charge on any atom is -0.478 e. The first-order valence-corrected chi connectivity index (χ1v) is 15.4. The molecular weight excluding hydrogens is 583 g/mol. The van der Waals surface area contributed by atoms with Crippen molar-refractivity contribution < 1.29 is 35.9 Å². The van der Waals surface area contributed by atoms with Crippen molar-refractivity contribution in [2.75, 3.05) is 16.8 Å². The monoisotopic (exact) mass is 609 g/mol. The highest BCUT2D eigenvalue weighted by atomic mass is 32.2. The number of carbonyl (C=O) groups is 2. The van der Waals surface area contributed by atoms with Gasteiger partial charge in [-0.25, -0.2) is 23.4 Å². The molecule has 218 valence electrons. The van der Waals surface area contributed by atoms with E-state index in [0.29, 0.717) is 35.6 Å². The van der Waals surface area contributed by atoms with Crippen LogP contribution in [-0.4, -0.2) is 52.8 Å². The molecule has 2 aromatic heterocycles. The van der Waals surface area contributed by atoms with Gasteiger partial charge in [0.05, 0.1) is 28.8 Å². The third kappa shape index (κ3) is 6.50. The quantitative estimate of drug-likeness (QED) is 0.421. The molecule has 5 rings (SSSR count). The Morgan fingerprint density at radius 1 is 1.17 bits per heavy atom. The number of carbonyl (C=O) groups excluding carboxylic acids is 2. The lowest BCUT2D eigenvalue weighted by molar-refractivity contribution is -0.145. The van der Waals surface area contributed by atoms with Crippen LogP contribution in [0.15, 0.2) is 30.7 Å². The zero-order chi connectivity index (χ0) is 29.5. The van der Waals surface area contributed by atoms with Gasteiger partial charge in [-0.1, -0.05) is 0 Å². The number of hydrogen-bond acceptors (Lipinski definition) is 9. The van der Waals surface area contributed by atoms with Crippen LogP contribution in [0.1, 0.15) is 58.9 Å². The van der Waals surface area contributed by atoms with Gasteiger partial charge in [0, 0.05) is 34.6 Å². The van der Waals surface area contributed by atoms with Crippen molar-refractivity contribution in [1.82, 2.24) is 20.3 Å². The largest absolute Gasteiger partial charge is 0.478 e. The summed E-state index contributed by atoms with van der Waals surface area (Å²) in [5, 5.41) is 6.11. The number of anilines is 1. The maximum absolute atomic E-state index is 13.2. The molecule has 2 N–H and O–H groups in total. The van der Waals surface area contributed by atoms with Crippen molar-refractivity contribution in [3.8, 4) is 16.3 Å². The first-order valence-electron chi connectivity index (χ1n) is 12.8. The number of rotatable bonds is 6. The van der Waals surface area contributed by atoms with Gasteiger partial charge >= 0.3 is 6.18 Å². The molecule has 41 heavy (non-hydrogen) atoms. The second-order valence-electron chi connectivity index (χ2n) is 10.1. The number of nitrogens with zero attached hydrogens (tertiary/aromatic N) is 3. The molecule has 2 aliphatic rings. The molecule has 2 atom stereocenters. The first kappa shape index (κ1) is 28.9. The van der Waals surface area contributed by atoms with E-state index in [2.05, 4.69) is 25.6 Å². The molecule has 2 amide bonds. The van der Waals surface area contributed by atoms with Crippen LogP contribution in [0, 0.1) is 12.8 Å². The first-order chi connectivity index (χ1) is 19.3. The molecule has 15 heteroatoms. The van der Waals surface area contributed by atoms with Crippen LogP contribution >= 0.6 is 11.3 Å². The summed E-state index contributed by atoms with van der Waals surface area (Å²) in [6.07, 6.45) is -0.557.